The first kappa shape index (κ1) is 28.1. The lowest BCUT2D eigenvalue weighted by Gasteiger charge is -2.45. The second kappa shape index (κ2) is 9.88. The van der Waals surface area contributed by atoms with E-state index in [1.807, 2.05) is 17.8 Å². The monoisotopic (exact) mass is 692 g/mol. The molecule has 0 bridgehead atoms. The van der Waals surface area contributed by atoms with Gasteiger partial charge in [-0.15, -0.1) is 0 Å². The van der Waals surface area contributed by atoms with Gasteiger partial charge in [0.15, 0.2) is 0 Å². The lowest BCUT2D eigenvalue weighted by atomic mass is 9.62. The van der Waals surface area contributed by atoms with Crippen LogP contribution in [-0.2, 0) is 5.41 Å². The lowest BCUT2D eigenvalue weighted by Crippen LogP contribution is -2.37. The summed E-state index contributed by atoms with van der Waals surface area (Å²) in [5, 5.41) is 7.36. The Morgan fingerprint density at radius 2 is 1.06 bits per heavy atom. The van der Waals surface area contributed by atoms with E-state index in [1.54, 1.807) is 0 Å². The summed E-state index contributed by atoms with van der Waals surface area (Å²) >= 11 is 1.90. The lowest BCUT2D eigenvalue weighted by molar-refractivity contribution is 0.669. The van der Waals surface area contributed by atoms with Crippen LogP contribution >= 0.6 is 11.8 Å². The molecule has 0 fully saturated rings. The number of para-hydroxylation sites is 5. The van der Waals surface area contributed by atoms with Crippen LogP contribution in [0.15, 0.2) is 184 Å². The Labute approximate surface area is 308 Å². The van der Waals surface area contributed by atoms with Crippen LogP contribution in [0.25, 0.3) is 76.9 Å². The highest BCUT2D eigenvalue weighted by atomic mass is 32.2. The molecule has 0 N–H and O–H groups in total. The quantitative estimate of drug-likeness (QED) is 0.171. The third kappa shape index (κ3) is 3.39. The molecule has 1 spiro atoms. The van der Waals surface area contributed by atoms with Gasteiger partial charge < -0.3 is 13.6 Å². The predicted octanol–water partition coefficient (Wildman–Crippen LogP) is 12.9. The fourth-order valence-electron chi connectivity index (χ4n) is 9.92. The summed E-state index contributed by atoms with van der Waals surface area (Å²) in [5.74, 6) is 0. The number of aromatic nitrogens is 2. The van der Waals surface area contributed by atoms with Crippen LogP contribution < -0.4 is 0 Å². The van der Waals surface area contributed by atoms with Crippen molar-refractivity contribution in [3.05, 3.63) is 192 Å². The average Bonchev–Trinajstić information content (AvgIpc) is 3.87. The first-order chi connectivity index (χ1) is 26.3. The molecule has 0 saturated heterocycles. The van der Waals surface area contributed by atoms with E-state index >= 15 is 0 Å². The second-order valence-corrected chi connectivity index (χ2v) is 15.5. The molecule has 4 heteroatoms. The van der Waals surface area contributed by atoms with E-state index in [4.69, 9.17) is 4.42 Å². The molecule has 3 nitrogen and oxygen atoms in total. The van der Waals surface area contributed by atoms with Crippen LogP contribution in [0.1, 0.15) is 22.3 Å². The minimum atomic E-state index is -0.524. The van der Waals surface area contributed by atoms with Crippen molar-refractivity contribution < 1.29 is 4.42 Å². The van der Waals surface area contributed by atoms with Crippen molar-refractivity contribution >= 4 is 77.3 Å². The normalized spacial score (nSPS) is 15.9. The summed E-state index contributed by atoms with van der Waals surface area (Å²) < 4.78 is 11.2. The molecular weight excluding hydrogens is 665 g/mol. The van der Waals surface area contributed by atoms with E-state index in [0.29, 0.717) is 0 Å². The topological polar surface area (TPSA) is 23.0 Å². The van der Waals surface area contributed by atoms with Crippen LogP contribution in [-0.4, -0.2) is 9.13 Å². The third-order valence-electron chi connectivity index (χ3n) is 12.0. The molecule has 13 rings (SSSR count). The highest BCUT2D eigenvalue weighted by molar-refractivity contribution is 7.99. The molecule has 8 aromatic carbocycles. The zero-order chi connectivity index (χ0) is 34.4. The van der Waals surface area contributed by atoms with Crippen molar-refractivity contribution in [2.24, 2.45) is 0 Å². The van der Waals surface area contributed by atoms with E-state index in [1.165, 1.54) is 81.3 Å². The van der Waals surface area contributed by atoms with Gasteiger partial charge in [0.05, 0.1) is 33.2 Å². The summed E-state index contributed by atoms with van der Waals surface area (Å²) in [6, 6.07) is 62.9. The Bertz CT molecular complexity index is 3400. The van der Waals surface area contributed by atoms with Gasteiger partial charge in [-0.05, 0) is 82.9 Å². The maximum Gasteiger partial charge on any atom is 0.135 e. The number of rotatable bonds is 1. The molecule has 0 amide bonds. The van der Waals surface area contributed by atoms with E-state index < -0.39 is 5.41 Å². The minimum absolute atomic E-state index is 0.524. The smallest absolute Gasteiger partial charge is 0.135 e. The molecule has 11 aromatic rings. The van der Waals surface area contributed by atoms with Gasteiger partial charge in [0.1, 0.15) is 11.2 Å². The molecular formula is C49H28N2OS. The molecule has 1 unspecified atom stereocenters. The summed E-state index contributed by atoms with van der Waals surface area (Å²) in [6.07, 6.45) is 0. The molecule has 246 valence electrons. The zero-order valence-corrected chi connectivity index (χ0v) is 29.2. The van der Waals surface area contributed by atoms with Crippen molar-refractivity contribution in [3.8, 4) is 11.4 Å². The maximum atomic E-state index is 6.25. The Kier molecular flexibility index (Phi) is 5.25. The number of benzene rings is 8. The van der Waals surface area contributed by atoms with Crippen molar-refractivity contribution in [2.45, 2.75) is 15.2 Å². The van der Waals surface area contributed by atoms with Crippen molar-refractivity contribution in [1.82, 2.24) is 9.13 Å². The number of fused-ring (bicyclic) bond motifs is 17. The van der Waals surface area contributed by atoms with Crippen LogP contribution in [0, 0.1) is 0 Å². The third-order valence-corrected chi connectivity index (χ3v) is 13.1. The van der Waals surface area contributed by atoms with Crippen LogP contribution in [0.4, 0.5) is 0 Å². The molecule has 0 radical (unpaired) electrons. The minimum Gasteiger partial charge on any atom is -0.456 e. The van der Waals surface area contributed by atoms with Gasteiger partial charge in [-0.3, -0.25) is 0 Å². The number of nitrogens with zero attached hydrogens (tertiary/aromatic N) is 2. The van der Waals surface area contributed by atoms with Crippen molar-refractivity contribution in [2.75, 3.05) is 0 Å². The Hall–Kier alpha value is -6.49. The van der Waals surface area contributed by atoms with Crippen LogP contribution in [0.2, 0.25) is 0 Å². The fourth-order valence-corrected chi connectivity index (χ4v) is 11.1. The Morgan fingerprint density at radius 1 is 0.396 bits per heavy atom. The van der Waals surface area contributed by atoms with E-state index in [2.05, 4.69) is 173 Å². The summed E-state index contributed by atoms with van der Waals surface area (Å²) in [4.78, 5) is 2.58. The van der Waals surface area contributed by atoms with Crippen LogP contribution in [0.5, 0.6) is 0 Å². The summed E-state index contributed by atoms with van der Waals surface area (Å²) in [7, 11) is 0. The summed E-state index contributed by atoms with van der Waals surface area (Å²) in [5.41, 5.74) is 13.9. The largest absolute Gasteiger partial charge is 0.456 e. The molecule has 53 heavy (non-hydrogen) atoms. The first-order valence-electron chi connectivity index (χ1n) is 18.2. The fraction of sp³-hybridized carbons (Fsp3) is 0.0204. The van der Waals surface area contributed by atoms with E-state index in [-0.39, 0.29) is 0 Å². The van der Waals surface area contributed by atoms with Gasteiger partial charge in [-0.25, -0.2) is 0 Å². The van der Waals surface area contributed by atoms with Gasteiger partial charge in [-0.2, -0.15) is 0 Å². The standard InChI is InChI=1S/C49H28N2OS/c1-7-20-41-30(12-1)33-15-11-18-38-48(33)51(41)42-21-8-4-16-36(42)49(38)37-17-5-10-23-46(37)53-47-28-43-34(27-39(47)49)31-13-2-6-19-40(31)50(43)29-24-25-45-35(26-29)32-14-3-9-22-44(32)52-45/h1-28H. The average molecular weight is 693 g/mol. The highest BCUT2D eigenvalue weighted by Gasteiger charge is 2.49. The van der Waals surface area contributed by atoms with Gasteiger partial charge in [0.2, 0.25) is 0 Å². The van der Waals surface area contributed by atoms with Gasteiger partial charge in [0, 0.05) is 47.8 Å². The summed E-state index contributed by atoms with van der Waals surface area (Å²) in [6.45, 7) is 0. The number of hydrogen-bond donors (Lipinski definition) is 0. The number of furan rings is 1. The van der Waals surface area contributed by atoms with Crippen molar-refractivity contribution in [3.63, 3.8) is 0 Å². The Balaban J connectivity index is 1.19. The van der Waals surface area contributed by atoms with E-state index in [9.17, 15) is 0 Å². The molecule has 5 heterocycles. The van der Waals surface area contributed by atoms with Gasteiger partial charge in [-0.1, -0.05) is 121 Å². The molecule has 0 aliphatic carbocycles. The highest BCUT2D eigenvalue weighted by Crippen LogP contribution is 2.61. The maximum absolute atomic E-state index is 6.25. The first-order valence-corrected chi connectivity index (χ1v) is 19.0. The zero-order valence-electron chi connectivity index (χ0n) is 28.4. The van der Waals surface area contributed by atoms with Crippen molar-refractivity contribution in [1.29, 1.82) is 0 Å². The van der Waals surface area contributed by atoms with Gasteiger partial charge in [0.25, 0.3) is 0 Å². The molecule has 3 aromatic heterocycles. The van der Waals surface area contributed by atoms with Crippen LogP contribution in [0.3, 0.4) is 0 Å². The predicted molar refractivity (Wildman–Crippen MR) is 218 cm³/mol. The molecule has 2 aliphatic rings. The number of hydrogen-bond acceptors (Lipinski definition) is 2. The SMILES string of the molecule is c1ccc2c(c1)Sc1cc3c(cc1C21c2ccccc2-n2c4ccccc4c4cccc1c42)c1ccccc1n3-c1ccc2oc3ccccc3c2c1. The second-order valence-electron chi connectivity index (χ2n) is 14.4. The van der Waals surface area contributed by atoms with E-state index in [0.717, 1.165) is 27.6 Å². The molecule has 1 atom stereocenters. The Morgan fingerprint density at radius 3 is 1.94 bits per heavy atom. The molecule has 2 aliphatic heterocycles. The van der Waals surface area contributed by atoms with Gasteiger partial charge >= 0.3 is 0 Å². The molecule has 0 saturated carbocycles.